The van der Waals surface area contributed by atoms with Gasteiger partial charge in [-0.2, -0.15) is 0 Å². The molecule has 0 unspecified atom stereocenters. The molecule has 0 bridgehead atoms. The molecule has 126 valence electrons. The maximum absolute atomic E-state index is 11.9. The highest BCUT2D eigenvalue weighted by atomic mass is 16.2. The maximum atomic E-state index is 11.9. The van der Waals surface area contributed by atoms with Crippen LogP contribution in [0.5, 0.6) is 0 Å². The fourth-order valence-electron chi connectivity index (χ4n) is 2.30. The minimum absolute atomic E-state index is 0.265. The van der Waals surface area contributed by atoms with E-state index < -0.39 is 11.8 Å². The lowest BCUT2D eigenvalue weighted by atomic mass is 10.2. The summed E-state index contributed by atoms with van der Waals surface area (Å²) in [6.45, 7) is 6.27. The number of rotatable bonds is 6. The van der Waals surface area contributed by atoms with Crippen molar-refractivity contribution in [1.82, 2.24) is 10.3 Å². The summed E-state index contributed by atoms with van der Waals surface area (Å²) >= 11 is 0. The maximum Gasteiger partial charge on any atom is 0.313 e. The number of nitrogens with one attached hydrogen (secondary N) is 2. The Morgan fingerprint density at radius 1 is 1.04 bits per heavy atom. The molecule has 6 nitrogen and oxygen atoms in total. The van der Waals surface area contributed by atoms with Crippen molar-refractivity contribution in [3.8, 4) is 0 Å². The van der Waals surface area contributed by atoms with Crippen LogP contribution in [0.3, 0.4) is 0 Å². The highest BCUT2D eigenvalue weighted by molar-refractivity contribution is 6.39. The number of aromatic nitrogens is 1. The highest BCUT2D eigenvalue weighted by Gasteiger charge is 2.13. The number of anilines is 2. The SMILES string of the molecule is CCN(CC)c1ccc(NC(=O)C(=O)NCc2cccnc2)cc1. The van der Waals surface area contributed by atoms with Gasteiger partial charge >= 0.3 is 11.8 Å². The van der Waals surface area contributed by atoms with Gasteiger partial charge in [0.05, 0.1) is 0 Å². The fraction of sp³-hybridized carbons (Fsp3) is 0.278. The molecule has 1 aromatic heterocycles. The molecule has 0 radical (unpaired) electrons. The van der Waals surface area contributed by atoms with Gasteiger partial charge in [0.1, 0.15) is 0 Å². The Labute approximate surface area is 141 Å². The first-order valence-electron chi connectivity index (χ1n) is 7.97. The second kappa shape index (κ2) is 8.67. The van der Waals surface area contributed by atoms with E-state index >= 15 is 0 Å². The largest absolute Gasteiger partial charge is 0.372 e. The first kappa shape index (κ1) is 17.5. The quantitative estimate of drug-likeness (QED) is 0.798. The van der Waals surface area contributed by atoms with Crippen LogP contribution in [-0.4, -0.2) is 29.9 Å². The summed E-state index contributed by atoms with van der Waals surface area (Å²) in [5, 5.41) is 5.16. The van der Waals surface area contributed by atoms with Gasteiger partial charge in [-0.3, -0.25) is 14.6 Å². The number of hydrogen-bond acceptors (Lipinski definition) is 4. The zero-order valence-corrected chi connectivity index (χ0v) is 14.0. The molecule has 1 aromatic carbocycles. The van der Waals surface area contributed by atoms with Crippen LogP contribution in [0.2, 0.25) is 0 Å². The Morgan fingerprint density at radius 3 is 2.33 bits per heavy atom. The van der Waals surface area contributed by atoms with Crippen molar-refractivity contribution in [2.75, 3.05) is 23.3 Å². The summed E-state index contributed by atoms with van der Waals surface area (Å²) < 4.78 is 0. The molecule has 1 heterocycles. The molecular weight excluding hydrogens is 304 g/mol. The van der Waals surface area contributed by atoms with E-state index in [2.05, 4.69) is 34.4 Å². The fourth-order valence-corrected chi connectivity index (χ4v) is 2.30. The van der Waals surface area contributed by atoms with E-state index in [1.165, 1.54) is 0 Å². The van der Waals surface area contributed by atoms with Crippen molar-refractivity contribution in [2.45, 2.75) is 20.4 Å². The summed E-state index contributed by atoms with van der Waals surface area (Å²) in [4.78, 5) is 29.9. The number of benzene rings is 1. The molecule has 0 saturated carbocycles. The third-order valence-electron chi connectivity index (χ3n) is 3.64. The molecule has 0 fully saturated rings. The number of nitrogens with zero attached hydrogens (tertiary/aromatic N) is 2. The van der Waals surface area contributed by atoms with Gasteiger partial charge in [0.25, 0.3) is 0 Å². The molecule has 2 aromatic rings. The minimum Gasteiger partial charge on any atom is -0.372 e. The topological polar surface area (TPSA) is 74.3 Å². The molecule has 2 rings (SSSR count). The van der Waals surface area contributed by atoms with Gasteiger partial charge in [-0.1, -0.05) is 6.07 Å². The van der Waals surface area contributed by atoms with Gasteiger partial charge in [-0.15, -0.1) is 0 Å². The lowest BCUT2D eigenvalue weighted by Gasteiger charge is -2.21. The zero-order valence-electron chi connectivity index (χ0n) is 14.0. The lowest BCUT2D eigenvalue weighted by Crippen LogP contribution is -2.35. The summed E-state index contributed by atoms with van der Waals surface area (Å²) in [5.41, 5.74) is 2.51. The average molecular weight is 326 g/mol. The Bertz CT molecular complexity index is 667. The Morgan fingerprint density at radius 2 is 1.75 bits per heavy atom. The second-order valence-corrected chi connectivity index (χ2v) is 5.22. The van der Waals surface area contributed by atoms with Crippen LogP contribution in [0.4, 0.5) is 11.4 Å². The third kappa shape index (κ3) is 4.81. The van der Waals surface area contributed by atoms with E-state index in [1.54, 1.807) is 30.6 Å². The molecule has 6 heteroatoms. The van der Waals surface area contributed by atoms with Crippen LogP contribution in [-0.2, 0) is 16.1 Å². The number of hydrogen-bond donors (Lipinski definition) is 2. The van der Waals surface area contributed by atoms with Crippen LogP contribution in [0.25, 0.3) is 0 Å². The molecule has 2 amide bonds. The van der Waals surface area contributed by atoms with Crippen molar-refractivity contribution in [2.24, 2.45) is 0 Å². The van der Waals surface area contributed by atoms with Gasteiger partial charge in [0.2, 0.25) is 0 Å². The third-order valence-corrected chi connectivity index (χ3v) is 3.64. The number of pyridine rings is 1. The van der Waals surface area contributed by atoms with Crippen LogP contribution in [0, 0.1) is 0 Å². The normalized spacial score (nSPS) is 10.1. The zero-order chi connectivity index (χ0) is 17.4. The minimum atomic E-state index is -0.686. The predicted octanol–water partition coefficient (Wildman–Crippen LogP) is 2.18. The van der Waals surface area contributed by atoms with Gasteiger partial charge in [0.15, 0.2) is 0 Å². The van der Waals surface area contributed by atoms with Crippen LogP contribution >= 0.6 is 0 Å². The number of carbonyl (C=O) groups is 2. The van der Waals surface area contributed by atoms with E-state index in [0.717, 1.165) is 24.3 Å². The summed E-state index contributed by atoms with van der Waals surface area (Å²) in [6, 6.07) is 11.0. The van der Waals surface area contributed by atoms with E-state index in [9.17, 15) is 9.59 Å². The molecule has 0 aliphatic rings. The second-order valence-electron chi connectivity index (χ2n) is 5.22. The molecule has 0 saturated heterocycles. The van der Waals surface area contributed by atoms with Crippen molar-refractivity contribution in [3.63, 3.8) is 0 Å². The Kier molecular flexibility index (Phi) is 6.31. The van der Waals surface area contributed by atoms with E-state index in [4.69, 9.17) is 0 Å². The van der Waals surface area contributed by atoms with E-state index in [0.29, 0.717) is 5.69 Å². The summed E-state index contributed by atoms with van der Waals surface area (Å²) in [7, 11) is 0. The molecular formula is C18H22N4O2. The number of carbonyl (C=O) groups excluding carboxylic acids is 2. The van der Waals surface area contributed by atoms with Gasteiger partial charge in [-0.25, -0.2) is 0 Å². The first-order valence-corrected chi connectivity index (χ1v) is 7.97. The lowest BCUT2D eigenvalue weighted by molar-refractivity contribution is -0.136. The molecule has 2 N–H and O–H groups in total. The van der Waals surface area contributed by atoms with E-state index in [1.807, 2.05) is 18.2 Å². The monoisotopic (exact) mass is 326 g/mol. The standard InChI is InChI=1S/C18H22N4O2/c1-3-22(4-2)16-9-7-15(8-10-16)21-18(24)17(23)20-13-14-6-5-11-19-12-14/h5-12H,3-4,13H2,1-2H3,(H,20,23)(H,21,24). The predicted molar refractivity (Wildman–Crippen MR) is 94.7 cm³/mol. The highest BCUT2D eigenvalue weighted by Crippen LogP contribution is 2.17. The van der Waals surface area contributed by atoms with Crippen molar-refractivity contribution in [1.29, 1.82) is 0 Å². The van der Waals surface area contributed by atoms with Gasteiger partial charge in [-0.05, 0) is 49.7 Å². The number of amides is 2. The molecule has 0 spiro atoms. The average Bonchev–Trinajstić information content (AvgIpc) is 2.63. The van der Waals surface area contributed by atoms with Crippen LogP contribution in [0.1, 0.15) is 19.4 Å². The molecule has 0 atom stereocenters. The summed E-state index contributed by atoms with van der Waals surface area (Å²) in [6.07, 6.45) is 3.30. The smallest absolute Gasteiger partial charge is 0.313 e. The molecule has 0 aliphatic carbocycles. The van der Waals surface area contributed by atoms with Crippen LogP contribution < -0.4 is 15.5 Å². The van der Waals surface area contributed by atoms with Crippen molar-refractivity contribution >= 4 is 23.2 Å². The van der Waals surface area contributed by atoms with E-state index in [-0.39, 0.29) is 6.54 Å². The molecule has 24 heavy (non-hydrogen) atoms. The molecule has 0 aliphatic heterocycles. The van der Waals surface area contributed by atoms with Crippen molar-refractivity contribution in [3.05, 3.63) is 54.4 Å². The first-order chi connectivity index (χ1) is 11.6. The van der Waals surface area contributed by atoms with Crippen molar-refractivity contribution < 1.29 is 9.59 Å². The summed E-state index contributed by atoms with van der Waals surface area (Å²) in [5.74, 6) is -1.36. The Hall–Kier alpha value is -2.89. The van der Waals surface area contributed by atoms with Crippen LogP contribution in [0.15, 0.2) is 48.8 Å². The Balaban J connectivity index is 1.88. The van der Waals surface area contributed by atoms with Gasteiger partial charge in [0, 0.05) is 43.4 Å². The van der Waals surface area contributed by atoms with Gasteiger partial charge < -0.3 is 15.5 Å².